The molecule has 4 rings (SSSR count). The van der Waals surface area contributed by atoms with Crippen LogP contribution in [0, 0.1) is 11.7 Å². The highest BCUT2D eigenvalue weighted by molar-refractivity contribution is 5.84. The van der Waals surface area contributed by atoms with Gasteiger partial charge in [0.2, 0.25) is 11.8 Å². The molecule has 29 heavy (non-hydrogen) atoms. The van der Waals surface area contributed by atoms with Crippen LogP contribution in [0.25, 0.3) is 0 Å². The van der Waals surface area contributed by atoms with Crippen molar-refractivity contribution in [2.24, 2.45) is 5.92 Å². The van der Waals surface area contributed by atoms with Crippen molar-refractivity contribution >= 4 is 11.8 Å². The van der Waals surface area contributed by atoms with Crippen molar-refractivity contribution in [1.82, 2.24) is 14.7 Å². The number of rotatable bonds is 5. The monoisotopic (exact) mass is 401 g/mol. The van der Waals surface area contributed by atoms with E-state index < -0.39 is 0 Å². The number of hydrogen-bond donors (Lipinski definition) is 0. The third kappa shape index (κ3) is 4.97. The number of carbonyl (C=O) groups excluding carboxylic acids is 2. The number of carbonyl (C=O) groups is 2. The molecule has 5 nitrogen and oxygen atoms in total. The lowest BCUT2D eigenvalue weighted by Gasteiger charge is -2.40. The van der Waals surface area contributed by atoms with Crippen LogP contribution in [0.15, 0.2) is 24.3 Å². The Labute approximate surface area is 172 Å². The van der Waals surface area contributed by atoms with Crippen molar-refractivity contribution < 1.29 is 14.0 Å². The molecule has 6 heteroatoms. The summed E-state index contributed by atoms with van der Waals surface area (Å²) in [7, 11) is 0. The Kier molecular flexibility index (Phi) is 6.48. The summed E-state index contributed by atoms with van der Waals surface area (Å²) in [5.74, 6) is 0.753. The van der Waals surface area contributed by atoms with E-state index >= 15 is 0 Å². The van der Waals surface area contributed by atoms with Crippen LogP contribution < -0.4 is 0 Å². The average molecular weight is 402 g/mol. The van der Waals surface area contributed by atoms with Crippen LogP contribution in [0.1, 0.15) is 50.5 Å². The molecule has 2 saturated heterocycles. The van der Waals surface area contributed by atoms with Crippen molar-refractivity contribution in [3.63, 3.8) is 0 Å². The molecule has 1 aromatic carbocycles. The quantitative estimate of drug-likeness (QED) is 0.762. The van der Waals surface area contributed by atoms with E-state index in [0.717, 1.165) is 38.0 Å². The first-order chi connectivity index (χ1) is 14.1. The van der Waals surface area contributed by atoms with Crippen LogP contribution >= 0.6 is 0 Å². The highest BCUT2D eigenvalue weighted by atomic mass is 19.1. The number of benzene rings is 1. The predicted molar refractivity (Wildman–Crippen MR) is 110 cm³/mol. The molecule has 0 bridgehead atoms. The molecule has 1 atom stereocenters. The van der Waals surface area contributed by atoms with Crippen LogP contribution in [-0.2, 0) is 16.1 Å². The largest absolute Gasteiger partial charge is 0.341 e. The van der Waals surface area contributed by atoms with Crippen LogP contribution in [-0.4, -0.2) is 65.3 Å². The topological polar surface area (TPSA) is 43.9 Å². The third-order valence-corrected chi connectivity index (χ3v) is 6.84. The standard InChI is InChI=1S/C23H32FN3O2/c24-20-9-6-19(7-10-20)16-27-15-14-25-12-3-13-26(17-21(25)23(27)29)22(28)11-8-18-4-1-2-5-18/h6-7,9-10,18,21H,1-5,8,11-17H2. The smallest absolute Gasteiger partial charge is 0.242 e. The van der Waals surface area contributed by atoms with Crippen molar-refractivity contribution in [1.29, 1.82) is 0 Å². The molecule has 158 valence electrons. The Bertz CT molecular complexity index is 717. The second-order valence-corrected chi connectivity index (χ2v) is 8.82. The third-order valence-electron chi connectivity index (χ3n) is 6.84. The lowest BCUT2D eigenvalue weighted by atomic mass is 10.0. The highest BCUT2D eigenvalue weighted by Crippen LogP contribution is 2.29. The molecule has 1 unspecified atom stereocenters. The second-order valence-electron chi connectivity index (χ2n) is 8.82. The Morgan fingerprint density at radius 3 is 2.52 bits per heavy atom. The van der Waals surface area contributed by atoms with Crippen molar-refractivity contribution in [2.45, 2.75) is 57.5 Å². The van der Waals surface area contributed by atoms with E-state index in [4.69, 9.17) is 0 Å². The predicted octanol–water partition coefficient (Wildman–Crippen LogP) is 3.04. The number of nitrogens with zero attached hydrogens (tertiary/aromatic N) is 3. The Balaban J connectivity index is 1.36. The maximum atomic E-state index is 13.2. The number of amides is 2. The lowest BCUT2D eigenvalue weighted by Crippen LogP contribution is -2.59. The van der Waals surface area contributed by atoms with Gasteiger partial charge >= 0.3 is 0 Å². The zero-order valence-corrected chi connectivity index (χ0v) is 17.2. The molecule has 1 saturated carbocycles. The van der Waals surface area contributed by atoms with Gasteiger partial charge < -0.3 is 9.80 Å². The van der Waals surface area contributed by atoms with E-state index in [1.165, 1.54) is 37.8 Å². The zero-order valence-electron chi connectivity index (χ0n) is 17.2. The Morgan fingerprint density at radius 1 is 1.00 bits per heavy atom. The van der Waals surface area contributed by atoms with Crippen LogP contribution in [0.4, 0.5) is 4.39 Å². The Hall–Kier alpha value is -1.95. The van der Waals surface area contributed by atoms with Gasteiger partial charge in [0.05, 0.1) is 0 Å². The van der Waals surface area contributed by atoms with Gasteiger partial charge in [-0.15, -0.1) is 0 Å². The fraction of sp³-hybridized carbons (Fsp3) is 0.652. The summed E-state index contributed by atoms with van der Waals surface area (Å²) in [4.78, 5) is 32.1. The summed E-state index contributed by atoms with van der Waals surface area (Å²) in [6.07, 6.45) is 7.67. The SMILES string of the molecule is O=C(CCC1CCCC1)N1CCCN2CCN(Cc3ccc(F)cc3)C(=O)C2C1. The van der Waals surface area contributed by atoms with Crippen molar-refractivity contribution in [2.75, 3.05) is 32.7 Å². The first-order valence-electron chi connectivity index (χ1n) is 11.2. The molecular formula is C23H32FN3O2. The maximum absolute atomic E-state index is 13.2. The van der Waals surface area contributed by atoms with E-state index in [1.54, 1.807) is 12.1 Å². The summed E-state index contributed by atoms with van der Waals surface area (Å²) in [5.41, 5.74) is 0.936. The molecule has 1 aliphatic carbocycles. The number of piperazine rings is 1. The zero-order chi connectivity index (χ0) is 20.2. The molecular weight excluding hydrogens is 369 g/mol. The molecule has 0 aromatic heterocycles. The van der Waals surface area contributed by atoms with Gasteiger partial charge in [0.1, 0.15) is 11.9 Å². The molecule has 1 aromatic rings. The van der Waals surface area contributed by atoms with E-state index in [2.05, 4.69) is 4.90 Å². The van der Waals surface area contributed by atoms with Crippen molar-refractivity contribution in [3.05, 3.63) is 35.6 Å². The van der Waals surface area contributed by atoms with Gasteiger partial charge in [-0.05, 0) is 36.5 Å². The molecule has 3 fully saturated rings. The van der Waals surface area contributed by atoms with Crippen LogP contribution in [0.5, 0.6) is 0 Å². The summed E-state index contributed by atoms with van der Waals surface area (Å²) in [5, 5.41) is 0. The van der Waals surface area contributed by atoms with Gasteiger partial charge in [0, 0.05) is 45.7 Å². The lowest BCUT2D eigenvalue weighted by molar-refractivity contribution is -0.144. The fourth-order valence-electron chi connectivity index (χ4n) is 5.09. The maximum Gasteiger partial charge on any atom is 0.242 e. The minimum atomic E-state index is -0.263. The molecule has 3 aliphatic rings. The summed E-state index contributed by atoms with van der Waals surface area (Å²) in [6.45, 7) is 4.14. The number of halogens is 1. The van der Waals surface area contributed by atoms with E-state index in [-0.39, 0.29) is 23.7 Å². The molecule has 0 spiro atoms. The molecule has 2 aliphatic heterocycles. The molecule has 0 N–H and O–H groups in total. The minimum Gasteiger partial charge on any atom is -0.341 e. The molecule has 2 heterocycles. The van der Waals surface area contributed by atoms with Gasteiger partial charge in [0.15, 0.2) is 0 Å². The molecule has 2 amide bonds. The summed E-state index contributed by atoms with van der Waals surface area (Å²) < 4.78 is 13.2. The Morgan fingerprint density at radius 2 is 1.76 bits per heavy atom. The number of fused-ring (bicyclic) bond motifs is 1. The normalized spacial score (nSPS) is 23.9. The van der Waals surface area contributed by atoms with Gasteiger partial charge in [-0.25, -0.2) is 4.39 Å². The van der Waals surface area contributed by atoms with Gasteiger partial charge in [-0.2, -0.15) is 0 Å². The van der Waals surface area contributed by atoms with Gasteiger partial charge in [-0.3, -0.25) is 14.5 Å². The van der Waals surface area contributed by atoms with E-state index in [1.807, 2.05) is 9.80 Å². The van der Waals surface area contributed by atoms with Crippen LogP contribution in [0.3, 0.4) is 0 Å². The van der Waals surface area contributed by atoms with Crippen molar-refractivity contribution in [3.8, 4) is 0 Å². The van der Waals surface area contributed by atoms with E-state index in [0.29, 0.717) is 32.0 Å². The summed E-state index contributed by atoms with van der Waals surface area (Å²) in [6, 6.07) is 6.10. The fourth-order valence-corrected chi connectivity index (χ4v) is 5.09. The first-order valence-corrected chi connectivity index (χ1v) is 11.2. The van der Waals surface area contributed by atoms with Crippen LogP contribution in [0.2, 0.25) is 0 Å². The average Bonchev–Trinajstić information content (AvgIpc) is 3.15. The van der Waals surface area contributed by atoms with E-state index in [9.17, 15) is 14.0 Å². The molecule has 0 radical (unpaired) electrons. The highest BCUT2D eigenvalue weighted by Gasteiger charge is 2.38. The van der Waals surface area contributed by atoms with Gasteiger partial charge in [0.25, 0.3) is 0 Å². The number of hydrogen-bond acceptors (Lipinski definition) is 3. The second kappa shape index (κ2) is 9.24. The minimum absolute atomic E-state index is 0.0936. The summed E-state index contributed by atoms with van der Waals surface area (Å²) >= 11 is 0. The first kappa shape index (κ1) is 20.3. The van der Waals surface area contributed by atoms with Gasteiger partial charge in [-0.1, -0.05) is 37.8 Å².